The molecule has 0 fully saturated rings. The molecular weight excluding hydrogens is 348 g/mol. The number of aromatic nitrogens is 1. The van der Waals surface area contributed by atoms with Gasteiger partial charge in [0.25, 0.3) is 0 Å². The highest BCUT2D eigenvalue weighted by Gasteiger charge is 2.13. The second kappa shape index (κ2) is 8.21. The molecule has 0 aliphatic heterocycles. The van der Waals surface area contributed by atoms with Crippen molar-refractivity contribution in [3.8, 4) is 22.8 Å². The average molecular weight is 370 g/mol. The van der Waals surface area contributed by atoms with Crippen LogP contribution in [0.3, 0.4) is 0 Å². The Labute approximate surface area is 156 Å². The minimum absolute atomic E-state index is 0.0507. The number of ether oxygens (including phenoxy) is 2. The van der Waals surface area contributed by atoms with E-state index in [4.69, 9.17) is 14.5 Å². The highest BCUT2D eigenvalue weighted by Crippen LogP contribution is 2.27. The summed E-state index contributed by atoms with van der Waals surface area (Å²) in [5.41, 5.74) is 2.99. The largest absolute Gasteiger partial charge is 0.497 e. The van der Waals surface area contributed by atoms with E-state index in [1.807, 2.05) is 48.5 Å². The fraction of sp³-hybridized carbons (Fsp3) is 0.250. The number of nitrogens with zero attached hydrogens (tertiary/aromatic N) is 2. The lowest BCUT2D eigenvalue weighted by molar-refractivity contribution is 0.275. The lowest BCUT2D eigenvalue weighted by atomic mass is 10.1. The van der Waals surface area contributed by atoms with Gasteiger partial charge >= 0.3 is 0 Å². The van der Waals surface area contributed by atoms with E-state index >= 15 is 0 Å². The van der Waals surface area contributed by atoms with Gasteiger partial charge in [0.05, 0.1) is 32.2 Å². The number of aliphatic hydroxyl groups excluding tert-OH is 1. The van der Waals surface area contributed by atoms with Gasteiger partial charge in [0.1, 0.15) is 11.5 Å². The lowest BCUT2D eigenvalue weighted by Crippen LogP contribution is -2.18. The fourth-order valence-corrected chi connectivity index (χ4v) is 3.83. The highest BCUT2D eigenvalue weighted by molar-refractivity contribution is 7.09. The predicted molar refractivity (Wildman–Crippen MR) is 104 cm³/mol. The summed E-state index contributed by atoms with van der Waals surface area (Å²) in [4.78, 5) is 6.77. The lowest BCUT2D eigenvalue weighted by Gasteiger charge is -2.09. The number of benzene rings is 2. The van der Waals surface area contributed by atoms with Crippen molar-refractivity contribution in [2.75, 3.05) is 20.8 Å². The maximum Gasteiger partial charge on any atom is 0.190 e. The van der Waals surface area contributed by atoms with Crippen LogP contribution >= 0.6 is 11.3 Å². The van der Waals surface area contributed by atoms with Gasteiger partial charge in [-0.3, -0.25) is 0 Å². The zero-order valence-electron chi connectivity index (χ0n) is 15.1. The summed E-state index contributed by atoms with van der Waals surface area (Å²) < 4.78 is 12.5. The molecule has 0 saturated carbocycles. The van der Waals surface area contributed by atoms with Crippen molar-refractivity contribution in [1.29, 1.82) is 0 Å². The van der Waals surface area contributed by atoms with Gasteiger partial charge in [0, 0.05) is 11.4 Å². The predicted octanol–water partition coefficient (Wildman–Crippen LogP) is 3.77. The first-order valence-electron chi connectivity index (χ1n) is 8.30. The summed E-state index contributed by atoms with van der Waals surface area (Å²) in [5.74, 6) is 1.62. The van der Waals surface area contributed by atoms with Gasteiger partial charge in [-0.15, -0.1) is 11.3 Å². The summed E-state index contributed by atoms with van der Waals surface area (Å²) in [6.45, 7) is 2.61. The Morgan fingerprint density at radius 1 is 0.962 bits per heavy atom. The van der Waals surface area contributed by atoms with E-state index < -0.39 is 0 Å². The molecule has 1 aromatic heterocycles. The Morgan fingerprint density at radius 2 is 1.54 bits per heavy atom. The van der Waals surface area contributed by atoms with Crippen molar-refractivity contribution in [1.82, 2.24) is 4.57 Å². The Balaban J connectivity index is 2.09. The third-order valence-corrected chi connectivity index (χ3v) is 5.06. The standard InChI is InChI=1S/C20H22N2O3S/c1-14-19(15-4-8-17(24-2)9-5-15)22(12-13-23)20(26-14)21-16-6-10-18(25-3)11-7-16/h4-11,23H,12-13H2,1-3H3. The molecular formula is C20H22N2O3S. The quantitative estimate of drug-likeness (QED) is 0.719. The highest BCUT2D eigenvalue weighted by atomic mass is 32.1. The SMILES string of the molecule is COc1ccc(N=c2sc(C)c(-c3ccc(OC)cc3)n2CCO)cc1. The van der Waals surface area contributed by atoms with Crippen LogP contribution in [0.4, 0.5) is 5.69 Å². The molecule has 3 rings (SSSR count). The third-order valence-electron chi connectivity index (χ3n) is 4.06. The van der Waals surface area contributed by atoms with Crippen molar-refractivity contribution in [2.24, 2.45) is 4.99 Å². The first-order chi connectivity index (χ1) is 12.7. The third kappa shape index (κ3) is 3.81. The van der Waals surface area contributed by atoms with Gasteiger partial charge in [-0.2, -0.15) is 0 Å². The molecule has 1 heterocycles. The zero-order chi connectivity index (χ0) is 18.5. The average Bonchev–Trinajstić information content (AvgIpc) is 2.97. The first-order valence-corrected chi connectivity index (χ1v) is 9.12. The molecule has 0 bridgehead atoms. The fourth-order valence-electron chi connectivity index (χ4n) is 2.79. The summed E-state index contributed by atoms with van der Waals surface area (Å²) in [6, 6.07) is 15.6. The van der Waals surface area contributed by atoms with Crippen LogP contribution in [0.1, 0.15) is 4.88 Å². The molecule has 2 aromatic carbocycles. The van der Waals surface area contributed by atoms with Crippen molar-refractivity contribution >= 4 is 17.0 Å². The molecule has 0 aliphatic carbocycles. The van der Waals surface area contributed by atoms with Crippen molar-refractivity contribution < 1.29 is 14.6 Å². The molecule has 1 N–H and O–H groups in total. The monoisotopic (exact) mass is 370 g/mol. The van der Waals surface area contributed by atoms with E-state index in [1.165, 1.54) is 0 Å². The maximum atomic E-state index is 9.55. The summed E-state index contributed by atoms with van der Waals surface area (Å²) in [7, 11) is 3.30. The maximum absolute atomic E-state index is 9.55. The number of aryl methyl sites for hydroxylation is 1. The second-order valence-electron chi connectivity index (χ2n) is 5.70. The Hall–Kier alpha value is -2.57. The molecule has 0 atom stereocenters. The van der Waals surface area contributed by atoms with Crippen LogP contribution in [0.25, 0.3) is 11.3 Å². The molecule has 0 aliphatic rings. The molecule has 6 heteroatoms. The number of aliphatic hydroxyl groups is 1. The number of hydrogen-bond donors (Lipinski definition) is 1. The van der Waals surface area contributed by atoms with Gasteiger partial charge in [0.15, 0.2) is 4.80 Å². The summed E-state index contributed by atoms with van der Waals surface area (Å²) in [6.07, 6.45) is 0. The Morgan fingerprint density at radius 3 is 2.08 bits per heavy atom. The van der Waals surface area contributed by atoms with Crippen molar-refractivity contribution in [2.45, 2.75) is 13.5 Å². The van der Waals surface area contributed by atoms with E-state index in [9.17, 15) is 5.11 Å². The Kier molecular flexibility index (Phi) is 5.75. The van der Waals surface area contributed by atoms with Crippen LogP contribution in [-0.2, 0) is 6.54 Å². The minimum atomic E-state index is 0.0507. The first kappa shape index (κ1) is 18.2. The van der Waals surface area contributed by atoms with Crippen LogP contribution in [0.2, 0.25) is 0 Å². The van der Waals surface area contributed by atoms with Crippen LogP contribution in [-0.4, -0.2) is 30.5 Å². The van der Waals surface area contributed by atoms with Gasteiger partial charge < -0.3 is 19.1 Å². The van der Waals surface area contributed by atoms with Gasteiger partial charge in [0.2, 0.25) is 0 Å². The van der Waals surface area contributed by atoms with Crippen LogP contribution in [0, 0.1) is 6.92 Å². The Bertz CT molecular complexity index is 925. The minimum Gasteiger partial charge on any atom is -0.497 e. The van der Waals surface area contributed by atoms with E-state index in [0.29, 0.717) is 6.54 Å². The van der Waals surface area contributed by atoms with Crippen LogP contribution in [0.5, 0.6) is 11.5 Å². The van der Waals surface area contributed by atoms with E-state index in [0.717, 1.165) is 38.1 Å². The smallest absolute Gasteiger partial charge is 0.190 e. The van der Waals surface area contributed by atoms with Crippen molar-refractivity contribution in [3.05, 3.63) is 58.2 Å². The summed E-state index contributed by atoms with van der Waals surface area (Å²) >= 11 is 1.61. The number of thiazole rings is 1. The number of hydrogen-bond acceptors (Lipinski definition) is 5. The number of methoxy groups -OCH3 is 2. The topological polar surface area (TPSA) is 56.0 Å². The molecule has 3 aromatic rings. The molecule has 26 heavy (non-hydrogen) atoms. The van der Waals surface area contributed by atoms with Crippen LogP contribution in [0.15, 0.2) is 53.5 Å². The molecule has 5 nitrogen and oxygen atoms in total. The zero-order valence-corrected chi connectivity index (χ0v) is 15.9. The van der Waals surface area contributed by atoms with E-state index in [-0.39, 0.29) is 6.61 Å². The van der Waals surface area contributed by atoms with Gasteiger partial charge in [-0.25, -0.2) is 4.99 Å². The molecule has 0 unspecified atom stereocenters. The number of rotatable bonds is 6. The summed E-state index contributed by atoms with van der Waals surface area (Å²) in [5, 5.41) is 9.55. The molecule has 0 radical (unpaired) electrons. The molecule has 0 saturated heterocycles. The second-order valence-corrected chi connectivity index (χ2v) is 6.88. The van der Waals surface area contributed by atoms with E-state index in [2.05, 4.69) is 11.5 Å². The molecule has 136 valence electrons. The van der Waals surface area contributed by atoms with Crippen LogP contribution < -0.4 is 14.3 Å². The van der Waals surface area contributed by atoms with E-state index in [1.54, 1.807) is 25.6 Å². The van der Waals surface area contributed by atoms with Gasteiger partial charge in [-0.05, 0) is 61.0 Å². The normalized spacial score (nSPS) is 11.6. The molecule has 0 spiro atoms. The van der Waals surface area contributed by atoms with Crippen molar-refractivity contribution in [3.63, 3.8) is 0 Å². The van der Waals surface area contributed by atoms with Gasteiger partial charge in [-0.1, -0.05) is 0 Å². The molecule has 0 amide bonds.